The van der Waals surface area contributed by atoms with Gasteiger partial charge in [-0.15, -0.1) is 0 Å². The van der Waals surface area contributed by atoms with Gasteiger partial charge in [0.1, 0.15) is 18.3 Å². The average Bonchev–Trinajstić information content (AvgIpc) is 2.92. The molecule has 3 aromatic rings. The molecular weight excluding hydrogens is 564 g/mol. The van der Waals surface area contributed by atoms with Crippen molar-refractivity contribution in [1.29, 1.82) is 5.26 Å². The van der Waals surface area contributed by atoms with Gasteiger partial charge in [-0.2, -0.15) is 10.4 Å². The van der Waals surface area contributed by atoms with Crippen LogP contribution < -0.4 is 25.0 Å². The number of hydrazone groups is 1. The highest BCUT2D eigenvalue weighted by atomic mass is 79.9. The number of carbonyl (C=O) groups excluding carboxylic acids is 2. The Hall–Kier alpha value is -4.36. The van der Waals surface area contributed by atoms with Gasteiger partial charge in [-0.05, 0) is 81.5 Å². The molecule has 0 saturated carbocycles. The van der Waals surface area contributed by atoms with Crippen molar-refractivity contribution in [2.24, 2.45) is 16.9 Å². The Balaban J connectivity index is 1.65. The number of hydrogen-bond donors (Lipinski definition) is 2. The minimum atomic E-state index is -0.955. The zero-order valence-corrected chi connectivity index (χ0v) is 23.6. The summed E-state index contributed by atoms with van der Waals surface area (Å²) in [7, 11) is 3.08. The van der Waals surface area contributed by atoms with E-state index in [-0.39, 0.29) is 12.5 Å². The number of hydrogen-bond acceptors (Lipinski definition) is 7. The Kier molecular flexibility index (Phi) is 10.5. The third kappa shape index (κ3) is 8.06. The topological polar surface area (TPSA) is 122 Å². The van der Waals surface area contributed by atoms with Crippen molar-refractivity contribution in [2.75, 3.05) is 19.5 Å². The molecule has 3 aromatic carbocycles. The molecule has 0 aliphatic rings. The fourth-order valence-corrected chi connectivity index (χ4v) is 4.22. The first kappa shape index (κ1) is 29.2. The number of anilines is 1. The predicted octanol–water partition coefficient (Wildman–Crippen LogP) is 5.28. The Morgan fingerprint density at radius 2 is 1.72 bits per heavy atom. The van der Waals surface area contributed by atoms with Crippen LogP contribution in [-0.4, -0.2) is 32.2 Å². The maximum absolute atomic E-state index is 12.8. The van der Waals surface area contributed by atoms with E-state index in [2.05, 4.69) is 37.8 Å². The molecule has 0 radical (unpaired) electrons. The van der Waals surface area contributed by atoms with Crippen LogP contribution in [0.25, 0.3) is 0 Å². The Bertz CT molecular complexity index is 1370. The molecule has 3 rings (SSSR count). The summed E-state index contributed by atoms with van der Waals surface area (Å²) in [5.74, 6) is -0.557. The quantitative estimate of drug-likeness (QED) is 0.177. The Morgan fingerprint density at radius 3 is 2.31 bits per heavy atom. The number of nitrogens with one attached hydrogen (secondary N) is 2. The molecule has 1 unspecified atom stereocenters. The lowest BCUT2D eigenvalue weighted by molar-refractivity contribution is -0.134. The van der Waals surface area contributed by atoms with Crippen molar-refractivity contribution in [3.8, 4) is 23.3 Å². The number of amides is 2. The van der Waals surface area contributed by atoms with E-state index in [1.165, 1.54) is 13.3 Å². The zero-order valence-electron chi connectivity index (χ0n) is 22.0. The molecule has 202 valence electrons. The first-order valence-electron chi connectivity index (χ1n) is 12.0. The number of nitriles is 1. The Labute approximate surface area is 235 Å². The first-order valence-corrected chi connectivity index (χ1v) is 12.8. The summed E-state index contributed by atoms with van der Waals surface area (Å²) in [6, 6.07) is 19.5. The summed E-state index contributed by atoms with van der Waals surface area (Å²) in [6.45, 7) is 3.86. The zero-order chi connectivity index (χ0) is 28.4. The number of rotatable bonds is 11. The summed E-state index contributed by atoms with van der Waals surface area (Å²) >= 11 is 3.50. The van der Waals surface area contributed by atoms with Crippen molar-refractivity contribution in [2.45, 2.75) is 20.5 Å². The fraction of sp³-hybridized carbons (Fsp3) is 0.241. The number of ether oxygens (including phenoxy) is 3. The van der Waals surface area contributed by atoms with Crippen LogP contribution in [0.3, 0.4) is 0 Å². The second-order valence-electron chi connectivity index (χ2n) is 8.81. The van der Waals surface area contributed by atoms with Crippen LogP contribution in [0.5, 0.6) is 17.2 Å². The van der Waals surface area contributed by atoms with Crippen LogP contribution in [0.15, 0.2) is 70.2 Å². The summed E-state index contributed by atoms with van der Waals surface area (Å²) in [4.78, 5) is 25.7. The SMILES string of the molecule is COc1ccc(NC(=O)C(C(=O)NN=Cc2cc(Br)c(OCc3ccc(C#N)cc3)c(OC)c2)C(C)C)cc1. The van der Waals surface area contributed by atoms with Gasteiger partial charge in [0.15, 0.2) is 11.5 Å². The second-order valence-corrected chi connectivity index (χ2v) is 9.66. The lowest BCUT2D eigenvalue weighted by Gasteiger charge is -2.18. The molecule has 0 saturated heterocycles. The third-order valence-corrected chi connectivity index (χ3v) is 6.28. The highest BCUT2D eigenvalue weighted by Crippen LogP contribution is 2.37. The molecule has 0 bridgehead atoms. The van der Waals surface area contributed by atoms with Crippen LogP contribution in [-0.2, 0) is 16.2 Å². The van der Waals surface area contributed by atoms with Gasteiger partial charge in [0, 0.05) is 5.69 Å². The molecular formula is C29H29BrN4O5. The maximum atomic E-state index is 12.8. The average molecular weight is 593 g/mol. The van der Waals surface area contributed by atoms with Crippen molar-refractivity contribution in [3.63, 3.8) is 0 Å². The molecule has 0 spiro atoms. The maximum Gasteiger partial charge on any atom is 0.252 e. The molecule has 0 fully saturated rings. The smallest absolute Gasteiger partial charge is 0.252 e. The molecule has 2 N–H and O–H groups in total. The van der Waals surface area contributed by atoms with Crippen LogP contribution >= 0.6 is 15.9 Å². The molecule has 0 aliphatic heterocycles. The summed E-state index contributed by atoms with van der Waals surface area (Å²) in [6.07, 6.45) is 1.45. The van der Waals surface area contributed by atoms with Crippen LogP contribution in [0.2, 0.25) is 0 Å². The van der Waals surface area contributed by atoms with Crippen molar-refractivity contribution < 1.29 is 23.8 Å². The van der Waals surface area contributed by atoms with E-state index in [1.54, 1.807) is 69.5 Å². The molecule has 2 amide bonds. The standard InChI is InChI=1S/C29H29BrN4O5/c1-18(2)26(28(35)33-22-9-11-23(37-3)12-10-22)29(36)34-32-16-21-13-24(30)27(25(14-21)38-4)39-17-20-7-5-19(15-31)6-8-20/h5-14,16,18,26H,17H2,1-4H3,(H,33,35)(H,34,36). The lowest BCUT2D eigenvalue weighted by Crippen LogP contribution is -2.39. The van der Waals surface area contributed by atoms with Gasteiger partial charge in [0.25, 0.3) is 5.91 Å². The number of carbonyl (C=O) groups is 2. The van der Waals surface area contributed by atoms with Crippen LogP contribution in [0, 0.1) is 23.2 Å². The lowest BCUT2D eigenvalue weighted by atomic mass is 9.94. The van der Waals surface area contributed by atoms with Gasteiger partial charge in [0.2, 0.25) is 5.91 Å². The molecule has 0 heterocycles. The van der Waals surface area contributed by atoms with Gasteiger partial charge in [-0.3, -0.25) is 9.59 Å². The largest absolute Gasteiger partial charge is 0.497 e. The second kappa shape index (κ2) is 14.0. The molecule has 0 aliphatic carbocycles. The van der Waals surface area contributed by atoms with E-state index in [0.717, 1.165) is 5.56 Å². The molecule has 9 nitrogen and oxygen atoms in total. The van der Waals surface area contributed by atoms with E-state index < -0.39 is 17.7 Å². The highest BCUT2D eigenvalue weighted by molar-refractivity contribution is 9.10. The van der Waals surface area contributed by atoms with E-state index in [4.69, 9.17) is 19.5 Å². The van der Waals surface area contributed by atoms with Crippen molar-refractivity contribution >= 4 is 39.6 Å². The van der Waals surface area contributed by atoms with Crippen LogP contribution in [0.4, 0.5) is 5.69 Å². The van der Waals surface area contributed by atoms with Crippen LogP contribution in [0.1, 0.15) is 30.5 Å². The van der Waals surface area contributed by atoms with Crippen molar-refractivity contribution in [3.05, 3.63) is 81.8 Å². The minimum absolute atomic E-state index is 0.264. The van der Waals surface area contributed by atoms with Gasteiger partial charge >= 0.3 is 0 Å². The molecule has 10 heteroatoms. The van der Waals surface area contributed by atoms with Gasteiger partial charge in [0.05, 0.1) is 36.5 Å². The fourth-order valence-electron chi connectivity index (χ4n) is 3.64. The normalized spacial score (nSPS) is 11.5. The number of benzene rings is 3. The summed E-state index contributed by atoms with van der Waals surface area (Å²) in [5.41, 5.74) is 5.12. The predicted molar refractivity (Wildman–Crippen MR) is 152 cm³/mol. The third-order valence-electron chi connectivity index (χ3n) is 5.70. The molecule has 39 heavy (non-hydrogen) atoms. The van der Waals surface area contributed by atoms with Crippen molar-refractivity contribution in [1.82, 2.24) is 5.43 Å². The minimum Gasteiger partial charge on any atom is -0.497 e. The van der Waals surface area contributed by atoms with Gasteiger partial charge < -0.3 is 19.5 Å². The first-order chi connectivity index (χ1) is 18.7. The van der Waals surface area contributed by atoms with E-state index in [0.29, 0.717) is 38.5 Å². The number of nitrogens with zero attached hydrogens (tertiary/aromatic N) is 2. The number of methoxy groups -OCH3 is 2. The van der Waals surface area contributed by atoms with E-state index in [1.807, 2.05) is 12.1 Å². The van der Waals surface area contributed by atoms with E-state index >= 15 is 0 Å². The van der Waals surface area contributed by atoms with Gasteiger partial charge in [-0.1, -0.05) is 26.0 Å². The monoisotopic (exact) mass is 592 g/mol. The number of halogens is 1. The van der Waals surface area contributed by atoms with Gasteiger partial charge in [-0.25, -0.2) is 5.43 Å². The highest BCUT2D eigenvalue weighted by Gasteiger charge is 2.30. The summed E-state index contributed by atoms with van der Waals surface area (Å²) in [5, 5.41) is 15.8. The van der Waals surface area contributed by atoms with E-state index in [9.17, 15) is 9.59 Å². The Morgan fingerprint density at radius 1 is 1.03 bits per heavy atom. The molecule has 0 aromatic heterocycles. The summed E-state index contributed by atoms with van der Waals surface area (Å²) < 4.78 is 17.2. The molecule has 1 atom stereocenters.